The van der Waals surface area contributed by atoms with E-state index in [1.807, 2.05) is 24.6 Å². The van der Waals surface area contributed by atoms with Crippen LogP contribution < -0.4 is 5.32 Å². The lowest BCUT2D eigenvalue weighted by Crippen LogP contribution is -2.24. The molecule has 0 radical (unpaired) electrons. The van der Waals surface area contributed by atoms with Crippen LogP contribution in [0.5, 0.6) is 0 Å². The van der Waals surface area contributed by atoms with E-state index >= 15 is 0 Å². The van der Waals surface area contributed by atoms with E-state index in [0.717, 1.165) is 17.2 Å². The lowest BCUT2D eigenvalue weighted by atomic mass is 10.2. The van der Waals surface area contributed by atoms with Gasteiger partial charge in [-0.2, -0.15) is 0 Å². The Kier molecular flexibility index (Phi) is 4.26. The van der Waals surface area contributed by atoms with Crippen LogP contribution in [0.2, 0.25) is 0 Å². The third kappa shape index (κ3) is 3.06. The fourth-order valence-corrected chi connectivity index (χ4v) is 1.56. The van der Waals surface area contributed by atoms with Gasteiger partial charge in [0.05, 0.1) is 17.9 Å². The van der Waals surface area contributed by atoms with Gasteiger partial charge in [-0.25, -0.2) is 4.98 Å². The van der Waals surface area contributed by atoms with Gasteiger partial charge in [0.25, 0.3) is 0 Å². The number of allylic oxidation sites excluding steroid dienone is 1. The zero-order valence-electron chi connectivity index (χ0n) is 10.7. The number of carbonyl (C=O) groups is 1. The molecule has 0 aliphatic rings. The minimum Gasteiger partial charge on any atom is -0.347 e. The van der Waals surface area contributed by atoms with Crippen LogP contribution in [-0.2, 0) is 24.8 Å². The molecule has 0 unspecified atom stereocenters. The molecule has 1 N–H and O–H groups in total. The van der Waals surface area contributed by atoms with Crippen LogP contribution in [0, 0.1) is 6.92 Å². The summed E-state index contributed by atoms with van der Waals surface area (Å²) >= 11 is 0. The van der Waals surface area contributed by atoms with Crippen molar-refractivity contribution in [2.24, 2.45) is 7.05 Å². The number of amides is 1. The number of hydrogen-bond donors (Lipinski definition) is 1. The predicted octanol–water partition coefficient (Wildman–Crippen LogP) is 1.65. The van der Waals surface area contributed by atoms with Crippen LogP contribution in [0.3, 0.4) is 0 Å². The summed E-state index contributed by atoms with van der Waals surface area (Å²) in [6, 6.07) is 0. The van der Waals surface area contributed by atoms with Gasteiger partial charge in [-0.1, -0.05) is 12.7 Å². The fourth-order valence-electron chi connectivity index (χ4n) is 1.56. The molecule has 0 fully saturated rings. The molecule has 0 aliphatic heterocycles. The maximum absolute atomic E-state index is 11.4. The molecule has 92 valence electrons. The number of nitrogens with one attached hydrogen (secondary N) is 1. The van der Waals surface area contributed by atoms with Crippen molar-refractivity contribution in [3.05, 3.63) is 42.0 Å². The van der Waals surface area contributed by atoms with E-state index in [9.17, 15) is 4.79 Å². The van der Waals surface area contributed by atoms with Crippen molar-refractivity contribution < 1.29 is 4.79 Å². The molecule has 0 aliphatic carbocycles. The van der Waals surface area contributed by atoms with E-state index in [1.165, 1.54) is 0 Å². The molecule has 1 rings (SSSR count). The van der Waals surface area contributed by atoms with E-state index < -0.39 is 0 Å². The third-order valence-corrected chi connectivity index (χ3v) is 2.66. The average molecular weight is 233 g/mol. The summed E-state index contributed by atoms with van der Waals surface area (Å²) in [5.74, 6) is 0.801. The summed E-state index contributed by atoms with van der Waals surface area (Å²) in [6.45, 7) is 11.4. The summed E-state index contributed by atoms with van der Waals surface area (Å²) in [5, 5.41) is 2.82. The van der Waals surface area contributed by atoms with Gasteiger partial charge in [-0.05, 0) is 13.8 Å². The Hall–Kier alpha value is -1.84. The molecule has 17 heavy (non-hydrogen) atoms. The topological polar surface area (TPSA) is 46.9 Å². The van der Waals surface area contributed by atoms with Gasteiger partial charge in [-0.15, -0.1) is 6.58 Å². The van der Waals surface area contributed by atoms with Crippen molar-refractivity contribution in [2.75, 3.05) is 0 Å². The van der Waals surface area contributed by atoms with Crippen LogP contribution in [0.4, 0.5) is 0 Å². The first-order valence-corrected chi connectivity index (χ1v) is 5.53. The molecule has 1 aromatic rings. The molecule has 0 bridgehead atoms. The molecule has 4 nitrogen and oxygen atoms in total. The Morgan fingerprint density at radius 3 is 2.76 bits per heavy atom. The van der Waals surface area contributed by atoms with Crippen LogP contribution in [0.25, 0.3) is 0 Å². The largest absolute Gasteiger partial charge is 0.347 e. The Bertz CT molecular complexity index is 457. The predicted molar refractivity (Wildman–Crippen MR) is 68.5 cm³/mol. The second-order valence-electron chi connectivity index (χ2n) is 4.07. The summed E-state index contributed by atoms with van der Waals surface area (Å²) in [5.41, 5.74) is 2.48. The molecular formula is C13H19N3O. The smallest absolute Gasteiger partial charge is 0.246 e. The molecule has 1 heterocycles. The molecule has 0 atom stereocenters. The molecule has 0 saturated carbocycles. The van der Waals surface area contributed by atoms with E-state index in [0.29, 0.717) is 18.5 Å². The summed E-state index contributed by atoms with van der Waals surface area (Å²) in [6.07, 6.45) is 2.52. The van der Waals surface area contributed by atoms with Gasteiger partial charge >= 0.3 is 0 Å². The number of nitrogens with zero attached hydrogens (tertiary/aromatic N) is 2. The van der Waals surface area contributed by atoms with Gasteiger partial charge in [0.1, 0.15) is 5.82 Å². The van der Waals surface area contributed by atoms with E-state index in [4.69, 9.17) is 0 Å². The van der Waals surface area contributed by atoms with E-state index in [-0.39, 0.29) is 5.91 Å². The minimum absolute atomic E-state index is 0.131. The lowest BCUT2D eigenvalue weighted by Gasteiger charge is -2.08. The summed E-state index contributed by atoms with van der Waals surface area (Å²) < 4.78 is 1.98. The Morgan fingerprint density at radius 2 is 2.24 bits per heavy atom. The summed E-state index contributed by atoms with van der Waals surface area (Å²) in [7, 11) is 1.94. The summed E-state index contributed by atoms with van der Waals surface area (Å²) in [4.78, 5) is 15.9. The van der Waals surface area contributed by atoms with Crippen molar-refractivity contribution in [1.82, 2.24) is 14.9 Å². The zero-order valence-corrected chi connectivity index (χ0v) is 10.7. The maximum Gasteiger partial charge on any atom is 0.246 e. The number of carbonyl (C=O) groups excluding carboxylic acids is 1. The van der Waals surface area contributed by atoms with Crippen molar-refractivity contribution in [3.63, 3.8) is 0 Å². The van der Waals surface area contributed by atoms with E-state index in [2.05, 4.69) is 23.5 Å². The molecule has 0 aromatic carbocycles. The highest BCUT2D eigenvalue weighted by atomic mass is 16.1. The molecule has 1 aromatic heterocycles. The van der Waals surface area contributed by atoms with Gasteiger partial charge in [0.15, 0.2) is 0 Å². The zero-order chi connectivity index (χ0) is 13.0. The number of imidazole rings is 1. The maximum atomic E-state index is 11.4. The SMILES string of the molecule is C=CCc1nc(C)n(C)c1CNC(=O)C(=C)C. The molecule has 1 amide bonds. The van der Waals surface area contributed by atoms with Crippen LogP contribution in [-0.4, -0.2) is 15.5 Å². The van der Waals surface area contributed by atoms with Crippen molar-refractivity contribution in [1.29, 1.82) is 0 Å². The minimum atomic E-state index is -0.131. The highest BCUT2D eigenvalue weighted by Crippen LogP contribution is 2.11. The second-order valence-corrected chi connectivity index (χ2v) is 4.07. The van der Waals surface area contributed by atoms with Gasteiger partial charge in [-0.3, -0.25) is 4.79 Å². The average Bonchev–Trinajstić information content (AvgIpc) is 2.52. The quantitative estimate of drug-likeness (QED) is 0.621. The third-order valence-electron chi connectivity index (χ3n) is 2.66. The van der Waals surface area contributed by atoms with Crippen LogP contribution in [0.1, 0.15) is 24.1 Å². The number of aromatic nitrogens is 2. The van der Waals surface area contributed by atoms with Crippen molar-refractivity contribution in [3.8, 4) is 0 Å². The highest BCUT2D eigenvalue weighted by Gasteiger charge is 2.12. The number of aryl methyl sites for hydroxylation is 1. The van der Waals surface area contributed by atoms with Crippen LogP contribution in [0.15, 0.2) is 24.8 Å². The fraction of sp³-hybridized carbons (Fsp3) is 0.385. The molecular weight excluding hydrogens is 214 g/mol. The molecule has 4 heteroatoms. The Labute approximate surface area is 102 Å². The lowest BCUT2D eigenvalue weighted by molar-refractivity contribution is -0.117. The number of hydrogen-bond acceptors (Lipinski definition) is 2. The first kappa shape index (κ1) is 13.2. The molecule has 0 saturated heterocycles. The van der Waals surface area contributed by atoms with E-state index in [1.54, 1.807) is 6.92 Å². The van der Waals surface area contributed by atoms with Gasteiger partial charge in [0.2, 0.25) is 5.91 Å². The highest BCUT2D eigenvalue weighted by molar-refractivity contribution is 5.91. The Balaban J connectivity index is 2.85. The van der Waals surface area contributed by atoms with Gasteiger partial charge < -0.3 is 9.88 Å². The van der Waals surface area contributed by atoms with Crippen LogP contribution >= 0.6 is 0 Å². The molecule has 0 spiro atoms. The number of rotatable bonds is 5. The van der Waals surface area contributed by atoms with Crippen molar-refractivity contribution in [2.45, 2.75) is 26.8 Å². The van der Waals surface area contributed by atoms with Gasteiger partial charge in [0, 0.05) is 19.0 Å². The Morgan fingerprint density at radius 1 is 1.59 bits per heavy atom. The normalized spacial score (nSPS) is 10.1. The first-order valence-electron chi connectivity index (χ1n) is 5.53. The first-order chi connectivity index (χ1) is 7.97. The second kappa shape index (κ2) is 5.48. The standard InChI is InChI=1S/C13H19N3O/c1-6-7-11-12(16(5)10(4)15-11)8-14-13(17)9(2)3/h6H,1-2,7-8H2,3-5H3,(H,14,17). The van der Waals surface area contributed by atoms with Crippen molar-refractivity contribution >= 4 is 5.91 Å². The monoisotopic (exact) mass is 233 g/mol.